The maximum absolute atomic E-state index is 12.1. The summed E-state index contributed by atoms with van der Waals surface area (Å²) in [5.41, 5.74) is 13.7. The number of nitrogens with one attached hydrogen (secondary N) is 1. The average molecular weight is 583 g/mol. The van der Waals surface area contributed by atoms with E-state index in [2.05, 4.69) is 15.3 Å². The van der Waals surface area contributed by atoms with Crippen LogP contribution in [0.4, 0.5) is 0 Å². The molecular formula is C21H38N6O13. The van der Waals surface area contributed by atoms with E-state index < -0.39 is 103 Å². The van der Waals surface area contributed by atoms with Crippen LogP contribution in [0.3, 0.4) is 0 Å². The van der Waals surface area contributed by atoms with Gasteiger partial charge in [-0.25, -0.2) is 4.99 Å². The van der Waals surface area contributed by atoms with Gasteiger partial charge in [-0.05, 0) is 14.0 Å². The second-order valence-electron chi connectivity index (χ2n) is 9.81. The van der Waals surface area contributed by atoms with Crippen molar-refractivity contribution < 1.29 is 64.6 Å². The Morgan fingerprint density at radius 3 is 2.23 bits per heavy atom. The van der Waals surface area contributed by atoms with Crippen LogP contribution in [0.1, 0.15) is 6.92 Å². The first-order valence-electron chi connectivity index (χ1n) is 12.3. The van der Waals surface area contributed by atoms with Crippen LogP contribution in [0, 0.1) is 0 Å². The number of aliphatic hydroxyl groups excluding tert-OH is 6. The van der Waals surface area contributed by atoms with Crippen LogP contribution in [-0.2, 0) is 23.7 Å². The highest BCUT2D eigenvalue weighted by atomic mass is 16.8. The van der Waals surface area contributed by atoms with Gasteiger partial charge in [0.1, 0.15) is 54.8 Å². The SMILES string of the molecule is CN[C@@H]1[C@H](O[C@H]2[C@H](O[C@@]3(O)[C@H](O)[C@@H](O)[C@H](N=CN)[C@@H](O)[C@@H]3N=C(N)N)O[C@@H](C)[C@]2(O)C=O)O[C@@H](CO)[C@H](O)[C@H]1O. The predicted molar refractivity (Wildman–Crippen MR) is 131 cm³/mol. The van der Waals surface area contributed by atoms with E-state index in [-0.39, 0.29) is 6.29 Å². The van der Waals surface area contributed by atoms with E-state index in [0.29, 0.717) is 0 Å². The molecule has 1 aliphatic carbocycles. The van der Waals surface area contributed by atoms with Crippen LogP contribution in [0.5, 0.6) is 0 Å². The van der Waals surface area contributed by atoms with E-state index in [1.165, 1.54) is 14.0 Å². The maximum Gasteiger partial charge on any atom is 0.223 e. The highest BCUT2D eigenvalue weighted by Crippen LogP contribution is 2.41. The molecule has 3 aliphatic rings. The van der Waals surface area contributed by atoms with Crippen molar-refractivity contribution in [2.75, 3.05) is 13.7 Å². The number of hydrogen-bond acceptors (Lipinski definition) is 16. The number of carbonyl (C=O) groups excluding carboxylic acids is 1. The zero-order valence-electron chi connectivity index (χ0n) is 21.6. The number of carbonyl (C=O) groups is 1. The number of guanidine groups is 1. The van der Waals surface area contributed by atoms with E-state index in [4.69, 9.17) is 36.1 Å². The molecule has 3 rings (SSSR count). The van der Waals surface area contributed by atoms with E-state index >= 15 is 0 Å². The molecule has 15 N–H and O–H groups in total. The normalized spacial score (nSPS) is 49.7. The highest BCUT2D eigenvalue weighted by molar-refractivity contribution is 5.76. The van der Waals surface area contributed by atoms with Crippen molar-refractivity contribution in [3.63, 3.8) is 0 Å². The zero-order chi connectivity index (χ0) is 30.2. The lowest BCUT2D eigenvalue weighted by atomic mass is 9.79. The highest BCUT2D eigenvalue weighted by Gasteiger charge is 2.65. The number of ether oxygens (including phenoxy) is 4. The molecule has 2 aliphatic heterocycles. The minimum absolute atomic E-state index is 0.0717. The second kappa shape index (κ2) is 12.4. The average Bonchev–Trinajstić information content (AvgIpc) is 3.14. The van der Waals surface area contributed by atoms with Gasteiger partial charge in [0.25, 0.3) is 0 Å². The molecular weight excluding hydrogens is 544 g/mol. The molecule has 2 heterocycles. The van der Waals surface area contributed by atoms with Crippen molar-refractivity contribution in [3.05, 3.63) is 0 Å². The summed E-state index contributed by atoms with van der Waals surface area (Å²) in [7, 11) is 1.39. The first-order valence-corrected chi connectivity index (χ1v) is 12.3. The van der Waals surface area contributed by atoms with Gasteiger partial charge in [-0.2, -0.15) is 0 Å². The summed E-state index contributed by atoms with van der Waals surface area (Å²) in [5, 5.41) is 87.9. The molecule has 230 valence electrons. The molecule has 19 nitrogen and oxygen atoms in total. The van der Waals surface area contributed by atoms with E-state index in [1.54, 1.807) is 0 Å². The third kappa shape index (κ3) is 5.53. The van der Waals surface area contributed by atoms with E-state index in [9.17, 15) is 45.6 Å². The summed E-state index contributed by atoms with van der Waals surface area (Å²) in [4.78, 5) is 19.5. The molecule has 3 fully saturated rings. The maximum atomic E-state index is 12.1. The number of nitrogens with zero attached hydrogens (tertiary/aromatic N) is 2. The number of hydrogen-bond donors (Lipinski definition) is 12. The monoisotopic (exact) mass is 582 g/mol. The zero-order valence-corrected chi connectivity index (χ0v) is 21.6. The van der Waals surface area contributed by atoms with Gasteiger partial charge in [0.05, 0.1) is 25.1 Å². The molecule has 0 aromatic carbocycles. The molecule has 40 heavy (non-hydrogen) atoms. The molecule has 0 radical (unpaired) electrons. The molecule has 0 unspecified atom stereocenters. The molecule has 2 saturated heterocycles. The number of nitrogens with two attached hydrogens (primary N) is 3. The first-order chi connectivity index (χ1) is 18.7. The Hall–Kier alpha value is -2.11. The van der Waals surface area contributed by atoms with Gasteiger partial charge in [0.15, 0.2) is 30.4 Å². The lowest BCUT2D eigenvalue weighted by Crippen LogP contribution is -2.72. The van der Waals surface area contributed by atoms with Crippen LogP contribution in [0.25, 0.3) is 0 Å². The summed E-state index contributed by atoms with van der Waals surface area (Å²) >= 11 is 0. The summed E-state index contributed by atoms with van der Waals surface area (Å²) in [6, 6.07) is -4.63. The molecule has 0 bridgehead atoms. The minimum atomic E-state index is -3.05. The Kier molecular flexibility index (Phi) is 10.1. The fourth-order valence-corrected chi connectivity index (χ4v) is 5.08. The van der Waals surface area contributed by atoms with E-state index in [0.717, 1.165) is 6.34 Å². The molecule has 0 aromatic heterocycles. The Morgan fingerprint density at radius 1 is 1.05 bits per heavy atom. The smallest absolute Gasteiger partial charge is 0.223 e. The number of aliphatic hydroxyl groups is 8. The van der Waals surface area contributed by atoms with Gasteiger partial charge < -0.3 is 82.3 Å². The third-order valence-electron chi connectivity index (χ3n) is 7.42. The Morgan fingerprint density at radius 2 is 1.70 bits per heavy atom. The Balaban J connectivity index is 2.01. The number of aldehydes is 1. The van der Waals surface area contributed by atoms with E-state index in [1.807, 2.05) is 0 Å². The van der Waals surface area contributed by atoms with Crippen LogP contribution >= 0.6 is 0 Å². The summed E-state index contributed by atoms with van der Waals surface area (Å²) < 4.78 is 22.5. The number of aliphatic imine (C=N–C) groups is 2. The predicted octanol–water partition coefficient (Wildman–Crippen LogP) is -8.13. The van der Waals surface area contributed by atoms with Crippen LogP contribution in [-0.4, -0.2) is 164 Å². The van der Waals surface area contributed by atoms with Crippen molar-refractivity contribution in [2.24, 2.45) is 27.2 Å². The Bertz CT molecular complexity index is 945. The van der Waals surface area contributed by atoms with Crippen molar-refractivity contribution in [2.45, 2.75) is 97.8 Å². The van der Waals surface area contributed by atoms with Gasteiger partial charge in [0, 0.05) is 0 Å². The van der Waals surface area contributed by atoms with Crippen LogP contribution in [0.2, 0.25) is 0 Å². The van der Waals surface area contributed by atoms with Gasteiger partial charge in [-0.1, -0.05) is 0 Å². The first kappa shape index (κ1) is 32.4. The third-order valence-corrected chi connectivity index (χ3v) is 7.42. The fraction of sp³-hybridized carbons (Fsp3) is 0.857. The summed E-state index contributed by atoms with van der Waals surface area (Å²) in [6.45, 7) is 0.517. The molecule has 19 heteroatoms. The van der Waals surface area contributed by atoms with Crippen molar-refractivity contribution in [3.8, 4) is 0 Å². The van der Waals surface area contributed by atoms with Crippen molar-refractivity contribution >= 4 is 18.6 Å². The quantitative estimate of drug-likeness (QED) is 0.0519. The van der Waals surface area contributed by atoms with Crippen molar-refractivity contribution in [1.82, 2.24) is 5.32 Å². The molecule has 0 aromatic rings. The molecule has 0 spiro atoms. The largest absolute Gasteiger partial charge is 0.394 e. The lowest BCUT2D eigenvalue weighted by Gasteiger charge is -2.49. The number of likely N-dealkylation sites (N-methyl/N-ethyl adjacent to an activating group) is 1. The van der Waals surface area contributed by atoms with Crippen molar-refractivity contribution in [1.29, 1.82) is 0 Å². The van der Waals surface area contributed by atoms with Crippen LogP contribution < -0.4 is 22.5 Å². The topological polar surface area (TPSA) is 331 Å². The molecule has 15 atom stereocenters. The minimum Gasteiger partial charge on any atom is -0.394 e. The molecule has 0 amide bonds. The second-order valence-corrected chi connectivity index (χ2v) is 9.81. The molecule has 1 saturated carbocycles. The Labute approximate surface area is 227 Å². The summed E-state index contributed by atoms with van der Waals surface area (Å²) in [6.07, 6.45) is -16.6. The van der Waals surface area contributed by atoms with Gasteiger partial charge >= 0.3 is 0 Å². The van der Waals surface area contributed by atoms with Crippen LogP contribution in [0.15, 0.2) is 9.98 Å². The standard InChI is InChI=1S/C21H38N6O13/c1-6-20(35,4-29)16(39-17-9(25-2)11(31)10(30)7(3-28)38-17)18(37-6)40-21(36)14(27-19(23)24)12(32)8(26-5-22)13(33)15(21)34/h4-18,25,28,30-36H,3H2,1-2H3,(H2,22,26)(H4,23,24,27)/t6-,7-,8+,9-,10-,11-,12+,13-,14-,15+,16-,17-,18-,20+,21+/m0/s1. The lowest BCUT2D eigenvalue weighted by molar-refractivity contribution is -0.376. The fourth-order valence-electron chi connectivity index (χ4n) is 5.08. The van der Waals surface area contributed by atoms with Gasteiger partial charge in [0.2, 0.25) is 5.79 Å². The van der Waals surface area contributed by atoms with Gasteiger partial charge in [-0.3, -0.25) is 9.79 Å². The summed E-state index contributed by atoms with van der Waals surface area (Å²) in [5.74, 6) is -3.72. The number of rotatable bonds is 9. The van der Waals surface area contributed by atoms with Gasteiger partial charge in [-0.15, -0.1) is 0 Å².